The zero-order valence-corrected chi connectivity index (χ0v) is 15.3. The number of imidazole rings is 1. The molecule has 1 amide bonds. The van der Waals surface area contributed by atoms with E-state index in [1.807, 2.05) is 56.3 Å². The highest BCUT2D eigenvalue weighted by Crippen LogP contribution is 2.19. The average molecular weight is 356 g/mol. The largest absolute Gasteiger partial charge is 0.355 e. The number of fused-ring (bicyclic) bond motifs is 1. The van der Waals surface area contributed by atoms with Gasteiger partial charge in [0.2, 0.25) is 5.91 Å². The summed E-state index contributed by atoms with van der Waals surface area (Å²) in [6, 6.07) is 16.0. The second-order valence-electron chi connectivity index (χ2n) is 6.43. The summed E-state index contributed by atoms with van der Waals surface area (Å²) >= 11 is 5.98. The van der Waals surface area contributed by atoms with Crippen molar-refractivity contribution < 1.29 is 4.79 Å². The molecule has 1 N–H and O–H groups in total. The van der Waals surface area contributed by atoms with Gasteiger partial charge in [0, 0.05) is 30.5 Å². The molecule has 0 aliphatic carbocycles. The van der Waals surface area contributed by atoms with Gasteiger partial charge < -0.3 is 9.88 Å². The van der Waals surface area contributed by atoms with Gasteiger partial charge in [0.15, 0.2) is 0 Å². The van der Waals surface area contributed by atoms with Crippen LogP contribution in [0.1, 0.15) is 25.2 Å². The van der Waals surface area contributed by atoms with Crippen LogP contribution in [-0.4, -0.2) is 22.0 Å². The van der Waals surface area contributed by atoms with Crippen molar-refractivity contribution in [2.24, 2.45) is 5.92 Å². The third-order valence-electron chi connectivity index (χ3n) is 4.16. The lowest BCUT2D eigenvalue weighted by Gasteiger charge is -2.11. The van der Waals surface area contributed by atoms with Crippen LogP contribution in [0, 0.1) is 5.92 Å². The molecule has 0 bridgehead atoms. The molecular weight excluding hydrogens is 334 g/mol. The van der Waals surface area contributed by atoms with Gasteiger partial charge in [-0.15, -0.1) is 0 Å². The van der Waals surface area contributed by atoms with Crippen LogP contribution in [0.2, 0.25) is 5.02 Å². The fourth-order valence-electron chi connectivity index (χ4n) is 2.77. The molecular formula is C20H22ClN3O. The molecule has 0 unspecified atom stereocenters. The van der Waals surface area contributed by atoms with Crippen LogP contribution in [0.15, 0.2) is 48.5 Å². The maximum atomic E-state index is 11.8. The van der Waals surface area contributed by atoms with Crippen molar-refractivity contribution >= 4 is 28.5 Å². The molecule has 4 nitrogen and oxygen atoms in total. The standard InChI is InChI=1S/C20H22ClN3O/c1-14(2)20(25)22-12-11-19-23-17-5-3-4-6-18(17)24(19)13-15-7-9-16(21)10-8-15/h3-10,14H,11-13H2,1-2H3,(H,22,25). The van der Waals surface area contributed by atoms with Gasteiger partial charge in [-0.2, -0.15) is 0 Å². The highest BCUT2D eigenvalue weighted by Gasteiger charge is 2.12. The molecule has 5 heteroatoms. The number of nitrogens with zero attached hydrogens (tertiary/aromatic N) is 2. The SMILES string of the molecule is CC(C)C(=O)NCCc1nc2ccccc2n1Cc1ccc(Cl)cc1. The first-order valence-electron chi connectivity index (χ1n) is 8.51. The first-order valence-corrected chi connectivity index (χ1v) is 8.88. The Hall–Kier alpha value is -2.33. The van der Waals surface area contributed by atoms with E-state index in [-0.39, 0.29) is 11.8 Å². The number of aromatic nitrogens is 2. The minimum Gasteiger partial charge on any atom is -0.355 e. The predicted octanol–water partition coefficient (Wildman–Crippen LogP) is 4.05. The number of amides is 1. The van der Waals surface area contributed by atoms with Crippen LogP contribution in [0.5, 0.6) is 0 Å². The van der Waals surface area contributed by atoms with E-state index in [0.717, 1.165) is 28.4 Å². The second kappa shape index (κ2) is 7.70. The lowest BCUT2D eigenvalue weighted by atomic mass is 10.2. The normalized spacial score (nSPS) is 11.2. The zero-order valence-electron chi connectivity index (χ0n) is 14.5. The third kappa shape index (κ3) is 4.20. The molecule has 1 aromatic heterocycles. The number of halogens is 1. The Kier molecular flexibility index (Phi) is 5.39. The van der Waals surface area contributed by atoms with Crippen molar-refractivity contribution in [1.82, 2.24) is 14.9 Å². The Labute approximate surface area is 152 Å². The van der Waals surface area contributed by atoms with Gasteiger partial charge in [0.05, 0.1) is 11.0 Å². The molecule has 0 spiro atoms. The molecule has 2 aromatic carbocycles. The molecule has 0 saturated carbocycles. The van der Waals surface area contributed by atoms with Crippen LogP contribution < -0.4 is 5.32 Å². The van der Waals surface area contributed by atoms with E-state index in [1.165, 1.54) is 5.56 Å². The number of carbonyl (C=O) groups excluding carboxylic acids is 1. The lowest BCUT2D eigenvalue weighted by Crippen LogP contribution is -2.30. The third-order valence-corrected chi connectivity index (χ3v) is 4.41. The maximum absolute atomic E-state index is 11.8. The highest BCUT2D eigenvalue weighted by atomic mass is 35.5. The van der Waals surface area contributed by atoms with Crippen LogP contribution >= 0.6 is 11.6 Å². The first kappa shape index (κ1) is 17.5. The quantitative estimate of drug-likeness (QED) is 0.725. The fourth-order valence-corrected chi connectivity index (χ4v) is 2.89. The van der Waals surface area contributed by atoms with Crippen molar-refractivity contribution in [3.63, 3.8) is 0 Å². The van der Waals surface area contributed by atoms with E-state index in [4.69, 9.17) is 16.6 Å². The zero-order chi connectivity index (χ0) is 17.8. The summed E-state index contributed by atoms with van der Waals surface area (Å²) in [7, 11) is 0. The van der Waals surface area contributed by atoms with Gasteiger partial charge in [0.1, 0.15) is 5.82 Å². The molecule has 0 radical (unpaired) electrons. The van der Waals surface area contributed by atoms with Gasteiger partial charge in [0.25, 0.3) is 0 Å². The molecule has 0 aliphatic heterocycles. The van der Waals surface area contributed by atoms with Crippen LogP contribution in [0.4, 0.5) is 0 Å². The minimum absolute atomic E-state index is 0.00659. The molecule has 0 aliphatic rings. The molecule has 0 fully saturated rings. The molecule has 130 valence electrons. The number of para-hydroxylation sites is 2. The Morgan fingerprint density at radius 2 is 1.88 bits per heavy atom. The Morgan fingerprint density at radius 3 is 2.60 bits per heavy atom. The monoisotopic (exact) mass is 355 g/mol. The highest BCUT2D eigenvalue weighted by molar-refractivity contribution is 6.30. The van der Waals surface area contributed by atoms with E-state index in [1.54, 1.807) is 0 Å². The number of hydrogen-bond donors (Lipinski definition) is 1. The van der Waals surface area contributed by atoms with E-state index in [0.29, 0.717) is 13.0 Å². The van der Waals surface area contributed by atoms with E-state index in [2.05, 4.69) is 16.0 Å². The smallest absolute Gasteiger partial charge is 0.222 e. The van der Waals surface area contributed by atoms with E-state index < -0.39 is 0 Å². The number of hydrogen-bond acceptors (Lipinski definition) is 2. The topological polar surface area (TPSA) is 46.9 Å². The van der Waals surface area contributed by atoms with Crippen LogP contribution in [0.3, 0.4) is 0 Å². The van der Waals surface area contributed by atoms with Gasteiger partial charge in [-0.25, -0.2) is 4.98 Å². The molecule has 25 heavy (non-hydrogen) atoms. The van der Waals surface area contributed by atoms with Crippen LogP contribution in [-0.2, 0) is 17.8 Å². The fraction of sp³-hybridized carbons (Fsp3) is 0.300. The van der Waals surface area contributed by atoms with Crippen molar-refractivity contribution in [2.75, 3.05) is 6.54 Å². The van der Waals surface area contributed by atoms with Crippen LogP contribution in [0.25, 0.3) is 11.0 Å². The van der Waals surface area contributed by atoms with Crippen molar-refractivity contribution in [3.05, 3.63) is 64.9 Å². The average Bonchev–Trinajstić information content (AvgIpc) is 2.94. The van der Waals surface area contributed by atoms with Crippen molar-refractivity contribution in [3.8, 4) is 0 Å². The number of carbonyl (C=O) groups is 1. The Bertz CT molecular complexity index is 868. The number of rotatable bonds is 6. The van der Waals surface area contributed by atoms with Crippen molar-refractivity contribution in [2.45, 2.75) is 26.8 Å². The summed E-state index contributed by atoms with van der Waals surface area (Å²) in [5.41, 5.74) is 3.24. The lowest BCUT2D eigenvalue weighted by molar-refractivity contribution is -0.123. The molecule has 3 aromatic rings. The summed E-state index contributed by atoms with van der Waals surface area (Å²) in [5.74, 6) is 1.04. The summed E-state index contributed by atoms with van der Waals surface area (Å²) in [4.78, 5) is 16.5. The summed E-state index contributed by atoms with van der Waals surface area (Å²) in [5, 5.41) is 3.70. The van der Waals surface area contributed by atoms with Gasteiger partial charge >= 0.3 is 0 Å². The second-order valence-corrected chi connectivity index (χ2v) is 6.86. The maximum Gasteiger partial charge on any atom is 0.222 e. The Morgan fingerprint density at radius 1 is 1.16 bits per heavy atom. The predicted molar refractivity (Wildman–Crippen MR) is 102 cm³/mol. The number of benzene rings is 2. The van der Waals surface area contributed by atoms with E-state index in [9.17, 15) is 4.79 Å². The van der Waals surface area contributed by atoms with Gasteiger partial charge in [-0.05, 0) is 29.8 Å². The molecule has 0 atom stereocenters. The molecule has 0 saturated heterocycles. The summed E-state index contributed by atoms with van der Waals surface area (Å²) < 4.78 is 2.21. The first-order chi connectivity index (χ1) is 12.0. The van der Waals surface area contributed by atoms with Gasteiger partial charge in [-0.3, -0.25) is 4.79 Å². The van der Waals surface area contributed by atoms with Crippen molar-refractivity contribution in [1.29, 1.82) is 0 Å². The summed E-state index contributed by atoms with van der Waals surface area (Å²) in [6.07, 6.45) is 0.695. The summed E-state index contributed by atoms with van der Waals surface area (Å²) in [6.45, 7) is 5.10. The Balaban J connectivity index is 1.84. The molecule has 3 rings (SSSR count). The molecule has 1 heterocycles. The van der Waals surface area contributed by atoms with E-state index >= 15 is 0 Å². The minimum atomic E-state index is -0.00659. The number of nitrogens with one attached hydrogen (secondary N) is 1. The van der Waals surface area contributed by atoms with Gasteiger partial charge in [-0.1, -0.05) is 49.7 Å².